The van der Waals surface area contributed by atoms with Gasteiger partial charge in [0, 0.05) is 12.1 Å². The molecular weight excluding hydrogens is 132 g/mol. The lowest BCUT2D eigenvalue weighted by Crippen LogP contribution is -2.10. The SMILES string of the molecule is O=c1cccc2ocnn12. The highest BCUT2D eigenvalue weighted by Gasteiger charge is 1.95. The van der Waals surface area contributed by atoms with E-state index in [9.17, 15) is 4.79 Å². The molecule has 2 aromatic heterocycles. The van der Waals surface area contributed by atoms with Gasteiger partial charge in [-0.2, -0.15) is 4.52 Å². The van der Waals surface area contributed by atoms with Crippen LogP contribution in [0.1, 0.15) is 0 Å². The van der Waals surface area contributed by atoms with Gasteiger partial charge in [-0.3, -0.25) is 4.79 Å². The molecule has 0 aliphatic heterocycles. The summed E-state index contributed by atoms with van der Waals surface area (Å²) in [6, 6.07) is 4.73. The van der Waals surface area contributed by atoms with Crippen LogP contribution in [0.2, 0.25) is 0 Å². The second kappa shape index (κ2) is 1.70. The molecule has 0 saturated heterocycles. The number of pyridine rings is 1. The van der Waals surface area contributed by atoms with Gasteiger partial charge in [0.1, 0.15) is 0 Å². The molecular formula is C6H4N2O2. The topological polar surface area (TPSA) is 47.5 Å². The Morgan fingerprint density at radius 2 is 2.40 bits per heavy atom. The summed E-state index contributed by atoms with van der Waals surface area (Å²) >= 11 is 0. The molecule has 0 amide bonds. The predicted octanol–water partition coefficient (Wildman–Crippen LogP) is 0.287. The van der Waals surface area contributed by atoms with Gasteiger partial charge in [-0.1, -0.05) is 6.07 Å². The van der Waals surface area contributed by atoms with Crippen LogP contribution in [0.4, 0.5) is 0 Å². The molecule has 50 valence electrons. The quantitative estimate of drug-likeness (QED) is 0.522. The zero-order valence-electron chi connectivity index (χ0n) is 5.02. The number of nitrogens with zero attached hydrogens (tertiary/aromatic N) is 2. The second-order valence-electron chi connectivity index (χ2n) is 1.85. The van der Waals surface area contributed by atoms with E-state index >= 15 is 0 Å². The van der Waals surface area contributed by atoms with Gasteiger partial charge in [0.15, 0.2) is 0 Å². The van der Waals surface area contributed by atoms with Crippen molar-refractivity contribution in [2.75, 3.05) is 0 Å². The molecule has 0 unspecified atom stereocenters. The molecule has 2 aromatic rings. The second-order valence-corrected chi connectivity index (χ2v) is 1.85. The fourth-order valence-corrected chi connectivity index (χ4v) is 0.790. The van der Waals surface area contributed by atoms with Gasteiger partial charge < -0.3 is 4.42 Å². The summed E-state index contributed by atoms with van der Waals surface area (Å²) in [5.41, 5.74) is 0.291. The molecule has 2 heterocycles. The van der Waals surface area contributed by atoms with Gasteiger partial charge >= 0.3 is 0 Å². The van der Waals surface area contributed by atoms with Crippen molar-refractivity contribution in [2.24, 2.45) is 0 Å². The van der Waals surface area contributed by atoms with Crippen molar-refractivity contribution in [3.05, 3.63) is 34.9 Å². The van der Waals surface area contributed by atoms with Crippen molar-refractivity contribution in [2.45, 2.75) is 0 Å². The first-order valence-corrected chi connectivity index (χ1v) is 2.79. The minimum atomic E-state index is -0.175. The highest BCUT2D eigenvalue weighted by atomic mass is 16.4. The molecule has 0 bridgehead atoms. The molecule has 4 nitrogen and oxygen atoms in total. The summed E-state index contributed by atoms with van der Waals surface area (Å²) in [6.45, 7) is 0. The van der Waals surface area contributed by atoms with Crippen LogP contribution in [0, 0.1) is 0 Å². The molecule has 0 aliphatic rings. The fraction of sp³-hybridized carbons (Fsp3) is 0. The fourth-order valence-electron chi connectivity index (χ4n) is 0.790. The standard InChI is InChI=1S/C6H4N2O2/c9-5-2-1-3-6-8(5)7-4-10-6/h1-4H. The number of aromatic nitrogens is 2. The van der Waals surface area contributed by atoms with E-state index in [2.05, 4.69) is 5.10 Å². The van der Waals surface area contributed by atoms with E-state index in [-0.39, 0.29) is 5.56 Å². The molecule has 4 heteroatoms. The van der Waals surface area contributed by atoms with Crippen LogP contribution in [-0.4, -0.2) is 9.61 Å². The molecule has 0 aliphatic carbocycles. The molecule has 0 radical (unpaired) electrons. The number of hydrogen-bond donors (Lipinski definition) is 0. The molecule has 2 rings (SSSR count). The summed E-state index contributed by atoms with van der Waals surface area (Å²) < 4.78 is 6.04. The average Bonchev–Trinajstić information content (AvgIpc) is 2.36. The summed E-state index contributed by atoms with van der Waals surface area (Å²) in [7, 11) is 0. The summed E-state index contributed by atoms with van der Waals surface area (Å²) in [5, 5.41) is 3.66. The van der Waals surface area contributed by atoms with E-state index in [1.165, 1.54) is 17.0 Å². The minimum absolute atomic E-state index is 0.175. The summed E-state index contributed by atoms with van der Waals surface area (Å²) in [4.78, 5) is 10.9. The van der Waals surface area contributed by atoms with Crippen LogP contribution in [0.3, 0.4) is 0 Å². The Bertz CT molecular complexity index is 401. The van der Waals surface area contributed by atoms with E-state index in [4.69, 9.17) is 4.42 Å². The maximum absolute atomic E-state index is 10.9. The van der Waals surface area contributed by atoms with E-state index in [1.807, 2.05) is 0 Å². The largest absolute Gasteiger partial charge is 0.426 e. The molecule has 0 N–H and O–H groups in total. The maximum Gasteiger partial charge on any atom is 0.274 e. The number of fused-ring (bicyclic) bond motifs is 1. The Morgan fingerprint density at radius 1 is 1.50 bits per heavy atom. The van der Waals surface area contributed by atoms with Crippen molar-refractivity contribution >= 4 is 5.71 Å². The molecule has 10 heavy (non-hydrogen) atoms. The first-order valence-electron chi connectivity index (χ1n) is 2.79. The zero-order chi connectivity index (χ0) is 6.97. The predicted molar refractivity (Wildman–Crippen MR) is 33.7 cm³/mol. The molecule has 0 fully saturated rings. The highest BCUT2D eigenvalue weighted by Crippen LogP contribution is 1.94. The third-order valence-electron chi connectivity index (χ3n) is 1.23. The van der Waals surface area contributed by atoms with Crippen molar-refractivity contribution in [1.29, 1.82) is 0 Å². The van der Waals surface area contributed by atoms with E-state index in [0.717, 1.165) is 0 Å². The van der Waals surface area contributed by atoms with Crippen molar-refractivity contribution < 1.29 is 4.42 Å². The number of rotatable bonds is 0. The monoisotopic (exact) mass is 136 g/mol. The van der Waals surface area contributed by atoms with Gasteiger partial charge in [0.05, 0.1) is 0 Å². The Balaban J connectivity index is 3.09. The van der Waals surface area contributed by atoms with Crippen LogP contribution in [-0.2, 0) is 0 Å². The van der Waals surface area contributed by atoms with Crippen LogP contribution in [0.25, 0.3) is 5.71 Å². The molecule has 0 aromatic carbocycles. The lowest BCUT2D eigenvalue weighted by Gasteiger charge is -1.82. The highest BCUT2D eigenvalue weighted by molar-refractivity contribution is 5.30. The third-order valence-corrected chi connectivity index (χ3v) is 1.23. The van der Waals surface area contributed by atoms with Crippen LogP contribution in [0.15, 0.2) is 33.8 Å². The first-order chi connectivity index (χ1) is 4.88. The maximum atomic E-state index is 10.9. The average molecular weight is 136 g/mol. The minimum Gasteiger partial charge on any atom is -0.426 e. The van der Waals surface area contributed by atoms with E-state index in [0.29, 0.717) is 5.71 Å². The summed E-state index contributed by atoms with van der Waals surface area (Å²) in [5.74, 6) is 0. The lowest BCUT2D eigenvalue weighted by atomic mass is 10.5. The Morgan fingerprint density at radius 3 is 3.20 bits per heavy atom. The van der Waals surface area contributed by atoms with Crippen molar-refractivity contribution in [3.63, 3.8) is 0 Å². The smallest absolute Gasteiger partial charge is 0.274 e. The Hall–Kier alpha value is -1.58. The van der Waals surface area contributed by atoms with Crippen LogP contribution in [0.5, 0.6) is 0 Å². The Kier molecular flexibility index (Phi) is 0.887. The van der Waals surface area contributed by atoms with Gasteiger partial charge in [-0.05, 0) is 0 Å². The molecule has 0 saturated carbocycles. The van der Waals surface area contributed by atoms with Crippen LogP contribution < -0.4 is 5.56 Å². The van der Waals surface area contributed by atoms with E-state index in [1.54, 1.807) is 12.1 Å². The van der Waals surface area contributed by atoms with Gasteiger partial charge in [-0.25, -0.2) is 0 Å². The molecule has 0 spiro atoms. The zero-order valence-corrected chi connectivity index (χ0v) is 5.02. The first kappa shape index (κ1) is 5.22. The Labute approximate surface area is 55.7 Å². The normalized spacial score (nSPS) is 10.4. The van der Waals surface area contributed by atoms with Gasteiger partial charge in [-0.15, -0.1) is 5.10 Å². The van der Waals surface area contributed by atoms with Crippen LogP contribution >= 0.6 is 0 Å². The van der Waals surface area contributed by atoms with Gasteiger partial charge in [0.2, 0.25) is 12.1 Å². The lowest BCUT2D eigenvalue weighted by molar-refractivity contribution is 0.599. The summed E-state index contributed by atoms with van der Waals surface area (Å²) in [6.07, 6.45) is 1.23. The van der Waals surface area contributed by atoms with Crippen molar-refractivity contribution in [1.82, 2.24) is 9.61 Å². The van der Waals surface area contributed by atoms with Gasteiger partial charge in [0.25, 0.3) is 5.56 Å². The number of hydrogen-bond acceptors (Lipinski definition) is 3. The molecule has 0 atom stereocenters. The van der Waals surface area contributed by atoms with E-state index < -0.39 is 0 Å². The third kappa shape index (κ3) is 0.556. The van der Waals surface area contributed by atoms with Crippen molar-refractivity contribution in [3.8, 4) is 0 Å².